The zero-order valence-corrected chi connectivity index (χ0v) is 24.3. The fourth-order valence-electron chi connectivity index (χ4n) is 6.62. The summed E-state index contributed by atoms with van der Waals surface area (Å²) in [7, 11) is 1.44. The standard InChI is InChI=1S/C25H18FN5O4.C7H12FN/c1-12-21-20(23(30-25(29-21)34-2)31-9-14-8-27-11-28-18(14)10-31)24(33)35-22(12)16-7-15(32)6-13-4-3-5-17(26)19(13)16;8-6-4-7-2-1-3-9(7)5-6/h3-8,11,32H,9-10H2,1-2H3;6-7H,1-5H2. The Morgan fingerprint density at radius 2 is 2.02 bits per heavy atom. The first kappa shape index (κ1) is 28.1. The van der Waals surface area contributed by atoms with Crippen molar-refractivity contribution in [1.29, 1.82) is 0 Å². The predicted octanol–water partition coefficient (Wildman–Crippen LogP) is 5.07. The van der Waals surface area contributed by atoms with Crippen LogP contribution < -0.4 is 15.3 Å². The lowest BCUT2D eigenvalue weighted by molar-refractivity contribution is 0.292. The molecule has 12 heteroatoms. The Bertz CT molecular complexity index is 1930. The number of hydrogen-bond acceptors (Lipinski definition) is 10. The molecule has 2 fully saturated rings. The van der Waals surface area contributed by atoms with Gasteiger partial charge in [-0.15, -0.1) is 0 Å². The molecular weight excluding hydrogens is 570 g/mol. The van der Waals surface area contributed by atoms with Crippen LogP contribution in [0.2, 0.25) is 0 Å². The lowest BCUT2D eigenvalue weighted by Gasteiger charge is -2.19. The number of nitrogens with zero attached hydrogens (tertiary/aromatic N) is 6. The molecule has 3 aromatic heterocycles. The maximum absolute atomic E-state index is 14.9. The van der Waals surface area contributed by atoms with Crippen molar-refractivity contribution in [3.8, 4) is 23.1 Å². The molecule has 8 rings (SSSR count). The predicted molar refractivity (Wildman–Crippen MR) is 160 cm³/mol. The Labute approximate surface area is 251 Å². The Kier molecular flexibility index (Phi) is 7.08. The Morgan fingerprint density at radius 1 is 1.16 bits per heavy atom. The number of aromatic nitrogens is 4. The van der Waals surface area contributed by atoms with Crippen molar-refractivity contribution < 1.29 is 23.0 Å². The van der Waals surface area contributed by atoms with E-state index < -0.39 is 17.6 Å². The molecule has 2 unspecified atom stereocenters. The molecule has 0 spiro atoms. The summed E-state index contributed by atoms with van der Waals surface area (Å²) in [6.07, 6.45) is 6.02. The smallest absolute Gasteiger partial charge is 0.349 e. The number of hydrogen-bond donors (Lipinski definition) is 1. The third kappa shape index (κ3) is 4.88. The highest BCUT2D eigenvalue weighted by molar-refractivity contribution is 6.00. The molecule has 1 N–H and O–H groups in total. The summed E-state index contributed by atoms with van der Waals surface area (Å²) in [6, 6.07) is 8.04. The number of phenols is 1. The number of anilines is 1. The van der Waals surface area contributed by atoms with Crippen LogP contribution in [0.5, 0.6) is 11.8 Å². The largest absolute Gasteiger partial charge is 0.508 e. The van der Waals surface area contributed by atoms with Gasteiger partial charge in [-0.1, -0.05) is 12.1 Å². The van der Waals surface area contributed by atoms with Gasteiger partial charge in [-0.05, 0) is 56.3 Å². The molecule has 3 aliphatic heterocycles. The lowest BCUT2D eigenvalue weighted by Crippen LogP contribution is -2.22. The second-order valence-corrected chi connectivity index (χ2v) is 11.4. The van der Waals surface area contributed by atoms with Crippen LogP contribution in [0.1, 0.15) is 36.1 Å². The van der Waals surface area contributed by atoms with Crippen LogP contribution in [-0.2, 0) is 13.1 Å². The van der Waals surface area contributed by atoms with Crippen LogP contribution in [0.25, 0.3) is 33.0 Å². The van der Waals surface area contributed by atoms with Gasteiger partial charge in [0, 0.05) is 47.4 Å². The van der Waals surface area contributed by atoms with Gasteiger partial charge in [0.2, 0.25) is 0 Å². The van der Waals surface area contributed by atoms with E-state index in [1.807, 2.05) is 4.90 Å². The number of aryl methyl sites for hydroxylation is 1. The van der Waals surface area contributed by atoms with Gasteiger partial charge in [0.05, 0.1) is 24.9 Å². The number of rotatable bonds is 3. The topological polar surface area (TPSA) is 118 Å². The first-order valence-corrected chi connectivity index (χ1v) is 14.5. The zero-order chi connectivity index (χ0) is 30.5. The Balaban J connectivity index is 0.000000296. The van der Waals surface area contributed by atoms with Gasteiger partial charge in [0.15, 0.2) is 5.82 Å². The second-order valence-electron chi connectivity index (χ2n) is 11.4. The van der Waals surface area contributed by atoms with Crippen LogP contribution in [-0.4, -0.2) is 62.4 Å². The van der Waals surface area contributed by atoms with Crippen LogP contribution in [0, 0.1) is 12.7 Å². The van der Waals surface area contributed by atoms with Gasteiger partial charge in [-0.3, -0.25) is 4.90 Å². The monoisotopic (exact) mass is 600 g/mol. The first-order valence-electron chi connectivity index (χ1n) is 14.5. The van der Waals surface area contributed by atoms with E-state index >= 15 is 0 Å². The van der Waals surface area contributed by atoms with Crippen molar-refractivity contribution in [2.45, 2.75) is 51.5 Å². The number of ether oxygens (including phenoxy) is 1. The summed E-state index contributed by atoms with van der Waals surface area (Å²) in [5.41, 5.74) is 2.12. The molecule has 0 bridgehead atoms. The van der Waals surface area contributed by atoms with Crippen molar-refractivity contribution in [1.82, 2.24) is 24.8 Å². The number of methoxy groups -OCH3 is 1. The van der Waals surface area contributed by atoms with E-state index in [2.05, 4.69) is 24.8 Å². The van der Waals surface area contributed by atoms with E-state index in [9.17, 15) is 18.7 Å². The van der Waals surface area contributed by atoms with Crippen molar-refractivity contribution in [3.05, 3.63) is 75.9 Å². The van der Waals surface area contributed by atoms with E-state index in [0.717, 1.165) is 24.2 Å². The molecular formula is C32H30F2N6O4. The first-order chi connectivity index (χ1) is 21.3. The van der Waals surface area contributed by atoms with Crippen molar-refractivity contribution >= 4 is 27.5 Å². The highest BCUT2D eigenvalue weighted by Gasteiger charge is 2.34. The molecule has 0 aliphatic carbocycles. The van der Waals surface area contributed by atoms with Gasteiger partial charge in [-0.2, -0.15) is 9.97 Å². The molecule has 2 aromatic carbocycles. The maximum Gasteiger partial charge on any atom is 0.349 e. The number of halogens is 2. The summed E-state index contributed by atoms with van der Waals surface area (Å²) in [6.45, 7) is 4.46. The van der Waals surface area contributed by atoms with E-state index in [0.29, 0.717) is 48.0 Å². The summed E-state index contributed by atoms with van der Waals surface area (Å²) in [5.74, 6) is -0.135. The molecule has 44 heavy (non-hydrogen) atoms. The number of aromatic hydroxyl groups is 1. The van der Waals surface area contributed by atoms with Gasteiger partial charge < -0.3 is 19.2 Å². The average molecular weight is 601 g/mol. The van der Waals surface area contributed by atoms with Crippen molar-refractivity contribution in [2.75, 3.05) is 25.1 Å². The number of alkyl halides is 1. The Hall–Kier alpha value is -4.71. The van der Waals surface area contributed by atoms with E-state index in [4.69, 9.17) is 9.15 Å². The third-order valence-electron chi connectivity index (χ3n) is 8.64. The summed E-state index contributed by atoms with van der Waals surface area (Å²) in [5, 5.41) is 11.2. The molecule has 5 aromatic rings. The molecule has 3 aliphatic rings. The van der Waals surface area contributed by atoms with Crippen LogP contribution in [0.15, 0.2) is 52.1 Å². The molecule has 0 radical (unpaired) electrons. The van der Waals surface area contributed by atoms with Gasteiger partial charge in [0.25, 0.3) is 0 Å². The fourth-order valence-corrected chi connectivity index (χ4v) is 6.62. The number of benzene rings is 2. The molecule has 6 heterocycles. The minimum absolute atomic E-state index is 0.0705. The van der Waals surface area contributed by atoms with Gasteiger partial charge >= 0.3 is 11.6 Å². The lowest BCUT2D eigenvalue weighted by atomic mass is 9.98. The molecule has 0 saturated carbocycles. The normalized spacial score (nSPS) is 19.2. The van der Waals surface area contributed by atoms with E-state index in [-0.39, 0.29) is 33.9 Å². The molecule has 2 saturated heterocycles. The number of phenolic OH excluding ortho intramolecular Hbond substituents is 1. The molecule has 226 valence electrons. The molecule has 2 atom stereocenters. The minimum Gasteiger partial charge on any atom is -0.508 e. The minimum atomic E-state index is -0.687. The maximum atomic E-state index is 14.9. The highest BCUT2D eigenvalue weighted by Crippen LogP contribution is 2.39. The zero-order valence-electron chi connectivity index (χ0n) is 24.3. The van der Waals surface area contributed by atoms with Crippen molar-refractivity contribution in [2.24, 2.45) is 0 Å². The summed E-state index contributed by atoms with van der Waals surface area (Å²) < 4.78 is 38.6. The fraction of sp³-hybridized carbons (Fsp3) is 0.344. The molecule has 0 amide bonds. The quantitative estimate of drug-likeness (QED) is 0.301. The SMILES string of the molecule is COc1nc(N2Cc3cncnc3C2)c2c(=O)oc(-c3cc(O)cc4cccc(F)c34)c(C)c2n1.FC1CC2CCCN2C1. The van der Waals surface area contributed by atoms with Gasteiger partial charge in [-0.25, -0.2) is 23.5 Å². The van der Waals surface area contributed by atoms with Crippen LogP contribution in [0.3, 0.4) is 0 Å². The third-order valence-corrected chi connectivity index (χ3v) is 8.64. The molecule has 10 nitrogen and oxygen atoms in total. The number of fused-ring (bicyclic) bond motifs is 4. The van der Waals surface area contributed by atoms with Crippen LogP contribution >= 0.6 is 0 Å². The highest BCUT2D eigenvalue weighted by atomic mass is 19.1. The second kappa shape index (κ2) is 11.1. The van der Waals surface area contributed by atoms with E-state index in [1.54, 1.807) is 25.3 Å². The summed E-state index contributed by atoms with van der Waals surface area (Å²) in [4.78, 5) is 34.8. The summed E-state index contributed by atoms with van der Waals surface area (Å²) >= 11 is 0. The van der Waals surface area contributed by atoms with Crippen LogP contribution in [0.4, 0.5) is 14.6 Å². The Morgan fingerprint density at radius 3 is 2.82 bits per heavy atom. The van der Waals surface area contributed by atoms with E-state index in [1.165, 1.54) is 44.5 Å². The average Bonchev–Trinajstić information content (AvgIpc) is 3.73. The van der Waals surface area contributed by atoms with Gasteiger partial charge in [0.1, 0.15) is 35.2 Å². The van der Waals surface area contributed by atoms with Crippen molar-refractivity contribution in [3.63, 3.8) is 0 Å².